The number of ether oxygens (including phenoxy) is 2. The van der Waals surface area contributed by atoms with E-state index in [0.29, 0.717) is 42.0 Å². The predicted octanol–water partition coefficient (Wildman–Crippen LogP) is 3.13. The zero-order valence-electron chi connectivity index (χ0n) is 16.7. The van der Waals surface area contributed by atoms with Crippen LogP contribution in [-0.4, -0.2) is 42.7 Å². The summed E-state index contributed by atoms with van der Waals surface area (Å²) in [7, 11) is 3.22. The Kier molecular flexibility index (Phi) is 6.68. The van der Waals surface area contributed by atoms with Gasteiger partial charge in [0, 0.05) is 18.7 Å². The van der Waals surface area contributed by atoms with Crippen molar-refractivity contribution in [3.63, 3.8) is 0 Å². The van der Waals surface area contributed by atoms with Crippen LogP contribution in [0.5, 0.6) is 11.5 Å². The number of carbonyl (C=O) groups excluding carboxylic acids is 1. The van der Waals surface area contributed by atoms with Crippen molar-refractivity contribution in [1.29, 1.82) is 0 Å². The lowest BCUT2D eigenvalue weighted by atomic mass is 10.1. The molecular formula is C21H28N4O3. The number of carbonyl (C=O) groups is 1. The molecule has 0 radical (unpaired) electrons. The monoisotopic (exact) mass is 384 g/mol. The van der Waals surface area contributed by atoms with Crippen LogP contribution >= 0.6 is 0 Å². The van der Waals surface area contributed by atoms with Crippen LogP contribution < -0.4 is 20.1 Å². The van der Waals surface area contributed by atoms with Gasteiger partial charge in [-0.15, -0.1) is 0 Å². The van der Waals surface area contributed by atoms with Gasteiger partial charge in [-0.3, -0.25) is 4.79 Å². The van der Waals surface area contributed by atoms with Crippen molar-refractivity contribution in [3.05, 3.63) is 41.3 Å². The maximum absolute atomic E-state index is 12.5. The van der Waals surface area contributed by atoms with Gasteiger partial charge in [0.15, 0.2) is 11.5 Å². The van der Waals surface area contributed by atoms with E-state index in [1.54, 1.807) is 27.2 Å². The zero-order valence-corrected chi connectivity index (χ0v) is 16.7. The molecule has 0 spiro atoms. The van der Waals surface area contributed by atoms with Gasteiger partial charge in [-0.25, -0.2) is 9.97 Å². The highest BCUT2D eigenvalue weighted by molar-refractivity contribution is 5.92. The Hall–Kier alpha value is -2.83. The van der Waals surface area contributed by atoms with Crippen molar-refractivity contribution in [3.8, 4) is 11.5 Å². The summed E-state index contributed by atoms with van der Waals surface area (Å²) < 4.78 is 10.6. The maximum Gasteiger partial charge on any atom is 0.270 e. The molecule has 0 bridgehead atoms. The van der Waals surface area contributed by atoms with E-state index in [4.69, 9.17) is 9.47 Å². The van der Waals surface area contributed by atoms with Gasteiger partial charge in [0.1, 0.15) is 17.3 Å². The van der Waals surface area contributed by atoms with E-state index in [1.165, 1.54) is 12.8 Å². The van der Waals surface area contributed by atoms with Gasteiger partial charge in [0.25, 0.3) is 5.91 Å². The van der Waals surface area contributed by atoms with E-state index in [0.717, 1.165) is 24.2 Å². The van der Waals surface area contributed by atoms with E-state index in [9.17, 15) is 4.79 Å². The topological polar surface area (TPSA) is 85.4 Å². The molecule has 1 fully saturated rings. The molecule has 1 aliphatic carbocycles. The number of amides is 1. The number of nitrogens with zero attached hydrogens (tertiary/aromatic N) is 2. The number of hydrogen-bond donors (Lipinski definition) is 2. The summed E-state index contributed by atoms with van der Waals surface area (Å²) in [5.74, 6) is 2.49. The molecule has 150 valence electrons. The van der Waals surface area contributed by atoms with Gasteiger partial charge < -0.3 is 20.1 Å². The third-order valence-corrected chi connectivity index (χ3v) is 4.92. The SMILES string of the molecule is COc1ccc(CCNC(=O)c2cc(NC3CCCC3)nc(C)n2)cc1OC. The molecule has 1 amide bonds. The molecule has 1 saturated carbocycles. The van der Waals surface area contributed by atoms with Gasteiger partial charge in [0.2, 0.25) is 0 Å². The first-order valence-electron chi connectivity index (χ1n) is 9.70. The van der Waals surface area contributed by atoms with E-state index >= 15 is 0 Å². The second-order valence-electron chi connectivity index (χ2n) is 7.01. The second kappa shape index (κ2) is 9.39. The summed E-state index contributed by atoms with van der Waals surface area (Å²) in [6.45, 7) is 2.31. The van der Waals surface area contributed by atoms with Gasteiger partial charge in [0.05, 0.1) is 14.2 Å². The Bertz CT molecular complexity index is 819. The van der Waals surface area contributed by atoms with Crippen LogP contribution in [0, 0.1) is 6.92 Å². The Morgan fingerprint density at radius 2 is 1.86 bits per heavy atom. The molecule has 2 N–H and O–H groups in total. The van der Waals surface area contributed by atoms with Crippen molar-refractivity contribution in [1.82, 2.24) is 15.3 Å². The summed E-state index contributed by atoms with van der Waals surface area (Å²) in [5, 5.41) is 6.36. The van der Waals surface area contributed by atoms with Crippen molar-refractivity contribution in [2.45, 2.75) is 45.1 Å². The highest BCUT2D eigenvalue weighted by atomic mass is 16.5. The fourth-order valence-corrected chi connectivity index (χ4v) is 3.48. The summed E-state index contributed by atoms with van der Waals surface area (Å²) in [5.41, 5.74) is 1.45. The average molecular weight is 384 g/mol. The molecule has 3 rings (SSSR count). The molecule has 1 aromatic heterocycles. The van der Waals surface area contributed by atoms with Gasteiger partial charge in [-0.2, -0.15) is 0 Å². The van der Waals surface area contributed by atoms with Gasteiger partial charge in [-0.1, -0.05) is 18.9 Å². The van der Waals surface area contributed by atoms with E-state index in [2.05, 4.69) is 20.6 Å². The number of aromatic nitrogens is 2. The van der Waals surface area contributed by atoms with Crippen LogP contribution in [0.3, 0.4) is 0 Å². The Morgan fingerprint density at radius 3 is 2.57 bits per heavy atom. The normalized spacial score (nSPS) is 14.0. The standard InChI is InChI=1S/C21H28N4O3/c1-14-23-17(13-20(24-14)25-16-6-4-5-7-16)21(26)22-11-10-15-8-9-18(27-2)19(12-15)28-3/h8-9,12-13,16H,4-7,10-11H2,1-3H3,(H,22,26)(H,23,24,25). The molecule has 0 unspecified atom stereocenters. The number of aryl methyl sites for hydroxylation is 1. The van der Waals surface area contributed by atoms with Crippen molar-refractivity contribution in [2.75, 3.05) is 26.1 Å². The van der Waals surface area contributed by atoms with Gasteiger partial charge in [-0.05, 0) is 43.9 Å². The molecular weight excluding hydrogens is 356 g/mol. The fraction of sp³-hybridized carbons (Fsp3) is 0.476. The summed E-state index contributed by atoms with van der Waals surface area (Å²) in [4.78, 5) is 21.2. The minimum atomic E-state index is -0.194. The number of anilines is 1. The van der Waals surface area contributed by atoms with Crippen molar-refractivity contribution in [2.24, 2.45) is 0 Å². The largest absolute Gasteiger partial charge is 0.493 e. The first-order chi connectivity index (χ1) is 13.6. The lowest BCUT2D eigenvalue weighted by molar-refractivity contribution is 0.0948. The first kappa shape index (κ1) is 19.9. The first-order valence-corrected chi connectivity index (χ1v) is 9.70. The Labute approximate surface area is 165 Å². The van der Waals surface area contributed by atoms with Crippen LogP contribution in [0.25, 0.3) is 0 Å². The van der Waals surface area contributed by atoms with E-state index in [1.807, 2.05) is 18.2 Å². The average Bonchev–Trinajstić information content (AvgIpc) is 3.20. The molecule has 2 aromatic rings. The van der Waals surface area contributed by atoms with Crippen molar-refractivity contribution >= 4 is 11.7 Å². The summed E-state index contributed by atoms with van der Waals surface area (Å²) in [6, 6.07) is 7.92. The number of methoxy groups -OCH3 is 2. The minimum absolute atomic E-state index is 0.194. The lowest BCUT2D eigenvalue weighted by Crippen LogP contribution is -2.27. The van der Waals surface area contributed by atoms with Crippen LogP contribution in [0.2, 0.25) is 0 Å². The molecule has 1 aromatic carbocycles. The number of rotatable bonds is 8. The third-order valence-electron chi connectivity index (χ3n) is 4.92. The Balaban J connectivity index is 1.58. The van der Waals surface area contributed by atoms with Gasteiger partial charge >= 0.3 is 0 Å². The predicted molar refractivity (Wildman–Crippen MR) is 108 cm³/mol. The van der Waals surface area contributed by atoms with Crippen LogP contribution in [-0.2, 0) is 6.42 Å². The Morgan fingerprint density at radius 1 is 1.11 bits per heavy atom. The smallest absolute Gasteiger partial charge is 0.270 e. The van der Waals surface area contributed by atoms with E-state index < -0.39 is 0 Å². The third kappa shape index (κ3) is 5.12. The molecule has 7 nitrogen and oxygen atoms in total. The number of benzene rings is 1. The van der Waals surface area contributed by atoms with Crippen LogP contribution in [0.15, 0.2) is 24.3 Å². The highest BCUT2D eigenvalue weighted by Crippen LogP contribution is 2.27. The van der Waals surface area contributed by atoms with Crippen LogP contribution in [0.1, 0.15) is 47.6 Å². The fourth-order valence-electron chi connectivity index (χ4n) is 3.48. The zero-order chi connectivity index (χ0) is 19.9. The molecule has 0 saturated heterocycles. The highest BCUT2D eigenvalue weighted by Gasteiger charge is 2.17. The van der Waals surface area contributed by atoms with Crippen molar-refractivity contribution < 1.29 is 14.3 Å². The summed E-state index contributed by atoms with van der Waals surface area (Å²) >= 11 is 0. The molecule has 0 aliphatic heterocycles. The quantitative estimate of drug-likeness (QED) is 0.727. The molecule has 7 heteroatoms. The number of nitrogens with one attached hydrogen (secondary N) is 2. The van der Waals surface area contributed by atoms with E-state index in [-0.39, 0.29) is 5.91 Å². The maximum atomic E-state index is 12.5. The molecule has 1 heterocycles. The summed E-state index contributed by atoms with van der Waals surface area (Å²) in [6.07, 6.45) is 5.46. The molecule has 0 atom stereocenters. The van der Waals surface area contributed by atoms with Crippen LogP contribution in [0.4, 0.5) is 5.82 Å². The number of hydrogen-bond acceptors (Lipinski definition) is 6. The minimum Gasteiger partial charge on any atom is -0.493 e. The molecule has 1 aliphatic rings. The second-order valence-corrected chi connectivity index (χ2v) is 7.01. The molecule has 28 heavy (non-hydrogen) atoms. The lowest BCUT2D eigenvalue weighted by Gasteiger charge is -2.14.